The third-order valence-corrected chi connectivity index (χ3v) is 2.80. The molecule has 2 aromatic rings. The average Bonchev–Trinajstić information content (AvgIpc) is 2.38. The maximum atomic E-state index is 5.96. The Morgan fingerprint density at radius 1 is 1.22 bits per heavy atom. The third kappa shape index (κ3) is 3.08. The molecule has 0 unspecified atom stereocenters. The van der Waals surface area contributed by atoms with Gasteiger partial charge in [-0.1, -0.05) is 17.7 Å². The van der Waals surface area contributed by atoms with Gasteiger partial charge in [0.1, 0.15) is 12.4 Å². The Bertz CT molecular complexity index is 509. The van der Waals surface area contributed by atoms with Crippen LogP contribution in [0, 0.1) is 6.92 Å². The lowest BCUT2D eigenvalue weighted by Gasteiger charge is -2.14. The summed E-state index contributed by atoms with van der Waals surface area (Å²) < 4.78 is 5.83. The van der Waals surface area contributed by atoms with E-state index in [0.717, 1.165) is 16.9 Å². The van der Waals surface area contributed by atoms with Crippen molar-refractivity contribution in [1.29, 1.82) is 0 Å². The summed E-state index contributed by atoms with van der Waals surface area (Å²) in [6, 6.07) is 9.95. The van der Waals surface area contributed by atoms with Crippen LogP contribution in [0.5, 0.6) is 5.75 Å². The fraction of sp³-hybridized carbons (Fsp3) is 0.267. The molecule has 0 aliphatic heterocycles. The van der Waals surface area contributed by atoms with E-state index in [2.05, 4.69) is 18.0 Å². The predicted molar refractivity (Wildman–Crippen MR) is 72.4 cm³/mol. The number of rotatable bonds is 4. The van der Waals surface area contributed by atoms with Gasteiger partial charge in [0.05, 0.1) is 0 Å². The molecule has 0 fully saturated rings. The highest BCUT2D eigenvalue weighted by Crippen LogP contribution is 2.25. The number of hydrogen-bond donors (Lipinski definition) is 1. The lowest BCUT2D eigenvalue weighted by atomic mass is 10.1. The number of ether oxygens (including phenoxy) is 1. The second kappa shape index (κ2) is 5.65. The fourth-order valence-electron chi connectivity index (χ4n) is 1.80. The van der Waals surface area contributed by atoms with Gasteiger partial charge in [-0.2, -0.15) is 0 Å². The minimum atomic E-state index is -0.0302. The molecule has 1 aromatic carbocycles. The van der Waals surface area contributed by atoms with Crippen molar-refractivity contribution < 1.29 is 4.74 Å². The van der Waals surface area contributed by atoms with Crippen LogP contribution in [0.25, 0.3) is 0 Å². The van der Waals surface area contributed by atoms with Crippen molar-refractivity contribution in [3.05, 3.63) is 59.4 Å². The van der Waals surface area contributed by atoms with Crippen molar-refractivity contribution in [1.82, 2.24) is 4.98 Å². The molecule has 0 aliphatic rings. The number of aryl methyl sites for hydroxylation is 1. The van der Waals surface area contributed by atoms with E-state index in [0.29, 0.717) is 6.61 Å². The molecule has 0 radical (unpaired) electrons. The van der Waals surface area contributed by atoms with Crippen LogP contribution in [0.2, 0.25) is 0 Å². The zero-order chi connectivity index (χ0) is 13.0. The third-order valence-electron chi connectivity index (χ3n) is 2.80. The van der Waals surface area contributed by atoms with Crippen LogP contribution in [0.1, 0.15) is 29.7 Å². The van der Waals surface area contributed by atoms with E-state index >= 15 is 0 Å². The van der Waals surface area contributed by atoms with Gasteiger partial charge in [0, 0.05) is 24.0 Å². The normalized spacial score (nSPS) is 12.2. The Labute approximate surface area is 108 Å². The molecule has 0 spiro atoms. The molecule has 18 heavy (non-hydrogen) atoms. The SMILES string of the molecule is Cc1ccc(OCc2ccncc2)c([C@@H](C)N)c1. The summed E-state index contributed by atoms with van der Waals surface area (Å²) in [6.07, 6.45) is 3.53. The standard InChI is InChI=1S/C15H18N2O/c1-11-3-4-15(14(9-11)12(2)16)18-10-13-5-7-17-8-6-13/h3-9,12H,10,16H2,1-2H3/t12-/m1/s1. The smallest absolute Gasteiger partial charge is 0.124 e. The predicted octanol–water partition coefficient (Wildman–Crippen LogP) is 2.99. The minimum absolute atomic E-state index is 0.0302. The molecule has 94 valence electrons. The Kier molecular flexibility index (Phi) is 3.95. The molecule has 2 N–H and O–H groups in total. The summed E-state index contributed by atoms with van der Waals surface area (Å²) in [7, 11) is 0. The lowest BCUT2D eigenvalue weighted by molar-refractivity contribution is 0.301. The highest BCUT2D eigenvalue weighted by Gasteiger charge is 2.08. The van der Waals surface area contributed by atoms with Crippen molar-refractivity contribution in [3.8, 4) is 5.75 Å². The van der Waals surface area contributed by atoms with Crippen molar-refractivity contribution in [2.75, 3.05) is 0 Å². The summed E-state index contributed by atoms with van der Waals surface area (Å²) in [5.74, 6) is 0.854. The highest BCUT2D eigenvalue weighted by atomic mass is 16.5. The number of pyridine rings is 1. The molecule has 3 heteroatoms. The van der Waals surface area contributed by atoms with Crippen LogP contribution < -0.4 is 10.5 Å². The Balaban J connectivity index is 2.14. The van der Waals surface area contributed by atoms with Gasteiger partial charge in [0.25, 0.3) is 0 Å². The molecular weight excluding hydrogens is 224 g/mol. The van der Waals surface area contributed by atoms with E-state index in [1.165, 1.54) is 5.56 Å². The molecule has 1 heterocycles. The van der Waals surface area contributed by atoms with E-state index in [4.69, 9.17) is 10.5 Å². The first-order valence-electron chi connectivity index (χ1n) is 6.04. The molecule has 3 nitrogen and oxygen atoms in total. The summed E-state index contributed by atoms with van der Waals surface area (Å²) >= 11 is 0. The Hall–Kier alpha value is -1.87. The molecule has 0 aliphatic carbocycles. The second-order valence-corrected chi connectivity index (χ2v) is 4.47. The van der Waals surface area contributed by atoms with Gasteiger partial charge >= 0.3 is 0 Å². The summed E-state index contributed by atoms with van der Waals surface area (Å²) in [6.45, 7) is 4.55. The van der Waals surface area contributed by atoms with Gasteiger partial charge in [0.2, 0.25) is 0 Å². The quantitative estimate of drug-likeness (QED) is 0.896. The number of benzene rings is 1. The van der Waals surface area contributed by atoms with E-state index in [-0.39, 0.29) is 6.04 Å². The first kappa shape index (κ1) is 12.6. The van der Waals surface area contributed by atoms with Crippen LogP contribution in [-0.2, 0) is 6.61 Å². The molecule has 0 amide bonds. The zero-order valence-corrected chi connectivity index (χ0v) is 10.8. The second-order valence-electron chi connectivity index (χ2n) is 4.47. The molecule has 0 saturated heterocycles. The Morgan fingerprint density at radius 3 is 2.61 bits per heavy atom. The minimum Gasteiger partial charge on any atom is -0.489 e. The number of aromatic nitrogens is 1. The van der Waals surface area contributed by atoms with E-state index in [1.807, 2.05) is 31.2 Å². The topological polar surface area (TPSA) is 48.1 Å². The van der Waals surface area contributed by atoms with Gasteiger partial charge < -0.3 is 10.5 Å². The van der Waals surface area contributed by atoms with Crippen LogP contribution in [0.4, 0.5) is 0 Å². The van der Waals surface area contributed by atoms with Gasteiger partial charge in [-0.15, -0.1) is 0 Å². The molecule has 0 bridgehead atoms. The number of nitrogens with zero attached hydrogens (tertiary/aromatic N) is 1. The number of hydrogen-bond acceptors (Lipinski definition) is 3. The monoisotopic (exact) mass is 242 g/mol. The van der Waals surface area contributed by atoms with Crippen molar-refractivity contribution in [2.45, 2.75) is 26.5 Å². The summed E-state index contributed by atoms with van der Waals surface area (Å²) in [5.41, 5.74) is 9.30. The van der Waals surface area contributed by atoms with Crippen molar-refractivity contribution >= 4 is 0 Å². The average molecular weight is 242 g/mol. The Morgan fingerprint density at radius 2 is 1.94 bits per heavy atom. The van der Waals surface area contributed by atoms with E-state index < -0.39 is 0 Å². The van der Waals surface area contributed by atoms with Crippen LogP contribution in [0.3, 0.4) is 0 Å². The van der Waals surface area contributed by atoms with Gasteiger partial charge in [-0.3, -0.25) is 4.98 Å². The highest BCUT2D eigenvalue weighted by molar-refractivity contribution is 5.38. The van der Waals surface area contributed by atoms with Gasteiger partial charge in [-0.25, -0.2) is 0 Å². The molecule has 1 atom stereocenters. The van der Waals surface area contributed by atoms with E-state index in [1.54, 1.807) is 12.4 Å². The largest absolute Gasteiger partial charge is 0.489 e. The van der Waals surface area contributed by atoms with Crippen molar-refractivity contribution in [3.63, 3.8) is 0 Å². The van der Waals surface area contributed by atoms with E-state index in [9.17, 15) is 0 Å². The van der Waals surface area contributed by atoms with Crippen LogP contribution in [-0.4, -0.2) is 4.98 Å². The molecular formula is C15H18N2O. The molecule has 0 saturated carbocycles. The van der Waals surface area contributed by atoms with Crippen LogP contribution in [0.15, 0.2) is 42.7 Å². The summed E-state index contributed by atoms with van der Waals surface area (Å²) in [5, 5.41) is 0. The summed E-state index contributed by atoms with van der Waals surface area (Å²) in [4.78, 5) is 3.98. The molecule has 1 aromatic heterocycles. The first-order valence-corrected chi connectivity index (χ1v) is 6.04. The van der Waals surface area contributed by atoms with Crippen molar-refractivity contribution in [2.24, 2.45) is 5.73 Å². The van der Waals surface area contributed by atoms with Gasteiger partial charge in [-0.05, 0) is 37.6 Å². The first-order chi connectivity index (χ1) is 8.66. The van der Waals surface area contributed by atoms with Gasteiger partial charge in [0.15, 0.2) is 0 Å². The maximum Gasteiger partial charge on any atom is 0.124 e. The maximum absolute atomic E-state index is 5.96. The van der Waals surface area contributed by atoms with Crippen LogP contribution >= 0.6 is 0 Å². The number of nitrogens with two attached hydrogens (primary N) is 1. The lowest BCUT2D eigenvalue weighted by Crippen LogP contribution is -2.08. The molecule has 2 rings (SSSR count). The fourth-order valence-corrected chi connectivity index (χ4v) is 1.80. The zero-order valence-electron chi connectivity index (χ0n) is 10.8.